The first-order valence-corrected chi connectivity index (χ1v) is 24.6. The lowest BCUT2D eigenvalue weighted by Crippen LogP contribution is -2.62. The van der Waals surface area contributed by atoms with Crippen LogP contribution in [0.2, 0.25) is 0 Å². The lowest BCUT2D eigenvalue weighted by molar-refractivity contribution is -0.145. The van der Waals surface area contributed by atoms with Crippen LogP contribution in [0.15, 0.2) is 91.1 Å². The number of carbonyl (C=O) groups is 8. The third-order valence-electron chi connectivity index (χ3n) is 11.6. The van der Waals surface area contributed by atoms with Gasteiger partial charge in [0.1, 0.15) is 36.3 Å². The van der Waals surface area contributed by atoms with Gasteiger partial charge in [-0.3, -0.25) is 33.6 Å². The van der Waals surface area contributed by atoms with Crippen molar-refractivity contribution in [3.8, 4) is 0 Å². The highest BCUT2D eigenvalue weighted by Gasteiger charge is 2.36. The minimum atomic E-state index is -1.72. The van der Waals surface area contributed by atoms with Gasteiger partial charge in [-0.05, 0) is 68.8 Å². The lowest BCUT2D eigenvalue weighted by Gasteiger charge is -2.28. The normalized spacial score (nSPS) is 15.4. The zero-order chi connectivity index (χ0) is 52.9. The van der Waals surface area contributed by atoms with Crippen molar-refractivity contribution in [3.05, 3.63) is 108 Å². The van der Waals surface area contributed by atoms with Crippen LogP contribution >= 0.6 is 25.3 Å². The first-order chi connectivity index (χ1) is 34.4. The lowest BCUT2D eigenvalue weighted by atomic mass is 10.0. The maximum absolute atomic E-state index is 14.6. The first-order valence-electron chi connectivity index (χ1n) is 23.4. The number of aromatic amines is 1. The summed E-state index contributed by atoms with van der Waals surface area (Å²) in [5.74, 6) is -8.06. The number of fused-ring (bicyclic) bond motifs is 1. The SMILES string of the molecule is C[C@@H](O)[C@H](NC(=O)[C@H](CS)NC(=O)[C@@H](NC(=O)[C@H](CCCCN)NC(=O)[C@H](Cc1c[nH]c2ccccc12)NC(=O)[C@H](Cc1ccccc1)NC(=O)[C@H](CS)NC(=O)[C@@H](N)Cc1ccccc1)[C@@H](C)O)C(=O)O. The van der Waals surface area contributed by atoms with Gasteiger partial charge in [0.2, 0.25) is 41.4 Å². The average molecular weight is 1040 g/mol. The van der Waals surface area contributed by atoms with Crippen LogP contribution in [-0.4, -0.2) is 146 Å². The summed E-state index contributed by atoms with van der Waals surface area (Å²) in [6.45, 7) is 2.57. The van der Waals surface area contributed by atoms with Gasteiger partial charge in [0.05, 0.1) is 18.2 Å². The Kier molecular flexibility index (Phi) is 23.5. The zero-order valence-corrected chi connectivity index (χ0v) is 41.7. The molecule has 7 amide bonds. The third kappa shape index (κ3) is 17.7. The summed E-state index contributed by atoms with van der Waals surface area (Å²) in [5, 5.41) is 48.4. The van der Waals surface area contributed by atoms with E-state index in [0.717, 1.165) is 23.4 Å². The van der Waals surface area contributed by atoms with Gasteiger partial charge in [-0.1, -0.05) is 78.9 Å². The molecule has 0 fully saturated rings. The zero-order valence-electron chi connectivity index (χ0n) is 40.0. The molecule has 0 aliphatic carbocycles. The molecule has 23 heteroatoms. The van der Waals surface area contributed by atoms with Crippen molar-refractivity contribution in [2.24, 2.45) is 11.5 Å². The molecule has 390 valence electrons. The number of hydrogen-bond donors (Lipinski definition) is 15. The number of benzene rings is 3. The van der Waals surface area contributed by atoms with Crippen molar-refractivity contribution in [3.63, 3.8) is 0 Å². The minimum Gasteiger partial charge on any atom is -0.480 e. The number of H-pyrrole nitrogens is 1. The van der Waals surface area contributed by atoms with E-state index in [0.29, 0.717) is 24.0 Å². The number of amides is 7. The van der Waals surface area contributed by atoms with Crippen molar-refractivity contribution < 1.29 is 53.7 Å². The fraction of sp³-hybridized carbons (Fsp3) is 0.429. The van der Waals surface area contributed by atoms with E-state index in [2.05, 4.69) is 67.5 Å². The summed E-state index contributed by atoms with van der Waals surface area (Å²) in [7, 11) is 0. The number of carboxylic acid groups (broad SMARTS) is 1. The Morgan fingerprint density at radius 1 is 0.542 bits per heavy atom. The van der Waals surface area contributed by atoms with Crippen LogP contribution in [0.4, 0.5) is 0 Å². The predicted molar refractivity (Wildman–Crippen MR) is 275 cm³/mol. The first kappa shape index (κ1) is 58.1. The van der Waals surface area contributed by atoms with Gasteiger partial charge in [-0.15, -0.1) is 0 Å². The molecular weight excluding hydrogens is 969 g/mol. The molecule has 3 aromatic carbocycles. The molecule has 1 aromatic heterocycles. The second-order valence-corrected chi connectivity index (χ2v) is 18.0. The molecular formula is C49H66N10O11S2. The topological polar surface area (TPSA) is 349 Å². The quantitative estimate of drug-likeness (QED) is 0.0224. The summed E-state index contributed by atoms with van der Waals surface area (Å²) in [6.07, 6.45) is -0.677. The standard InChI is InChI=1S/C49H66N10O11S2/c1-27(60)40(48(68)57-39(26-72)47(67)59-41(28(2)61)49(69)70)58-43(63)35(19-11-12-20-50)53-45(65)37(23-31-24-52-34-18-10-9-17-32(31)34)55-44(64)36(22-30-15-7-4-8-16-30)54-46(66)38(25-71)56-42(62)33(51)21-29-13-5-3-6-14-29/h3-10,13-18,24,27-28,33,35-41,52,60-61,71-72H,11-12,19-23,25-26,50-51H2,1-2H3,(H,53,65)(H,54,66)(H,55,64)(H,56,62)(H,57,68)(H,58,63)(H,59,67)(H,69,70)/t27-,28-,33+,35+,36+,37+,38+,39+,40+,41+/m1/s1. The molecule has 0 aliphatic heterocycles. The maximum atomic E-state index is 14.6. The highest BCUT2D eigenvalue weighted by atomic mass is 32.1. The fourth-order valence-corrected chi connectivity index (χ4v) is 8.07. The van der Waals surface area contributed by atoms with Gasteiger partial charge in [-0.2, -0.15) is 25.3 Å². The molecule has 15 N–H and O–H groups in total. The van der Waals surface area contributed by atoms with E-state index in [1.54, 1.807) is 42.6 Å². The van der Waals surface area contributed by atoms with Gasteiger partial charge < -0.3 is 69.0 Å². The number of aliphatic hydroxyl groups is 2. The number of carbonyl (C=O) groups excluding carboxylic acids is 7. The van der Waals surface area contributed by atoms with Crippen molar-refractivity contribution >= 4 is 83.5 Å². The highest BCUT2D eigenvalue weighted by molar-refractivity contribution is 7.80. The summed E-state index contributed by atoms with van der Waals surface area (Å²) in [4.78, 5) is 112. The molecule has 0 radical (unpaired) electrons. The van der Waals surface area contributed by atoms with Gasteiger partial charge in [-0.25, -0.2) is 4.79 Å². The van der Waals surface area contributed by atoms with Crippen LogP contribution < -0.4 is 48.7 Å². The molecule has 4 aromatic rings. The van der Waals surface area contributed by atoms with Crippen LogP contribution in [0.3, 0.4) is 0 Å². The second-order valence-electron chi connectivity index (χ2n) is 17.3. The number of unbranched alkanes of at least 4 members (excludes halogenated alkanes) is 1. The van der Waals surface area contributed by atoms with E-state index in [-0.39, 0.29) is 43.7 Å². The molecule has 0 saturated carbocycles. The van der Waals surface area contributed by atoms with Crippen LogP contribution in [0.5, 0.6) is 0 Å². The Hall–Kier alpha value is -6.50. The van der Waals surface area contributed by atoms with E-state index in [1.807, 2.05) is 48.5 Å². The number of aliphatic carboxylic acids is 1. The van der Waals surface area contributed by atoms with Gasteiger partial charge >= 0.3 is 5.97 Å². The summed E-state index contributed by atoms with van der Waals surface area (Å²) >= 11 is 8.40. The molecule has 0 unspecified atom stereocenters. The Morgan fingerprint density at radius 3 is 1.53 bits per heavy atom. The molecule has 1 heterocycles. The Bertz CT molecular complexity index is 2450. The van der Waals surface area contributed by atoms with Gasteiger partial charge in [0.25, 0.3) is 0 Å². The number of rotatable bonds is 29. The van der Waals surface area contributed by atoms with Gasteiger partial charge in [0.15, 0.2) is 6.04 Å². The van der Waals surface area contributed by atoms with Crippen LogP contribution in [0, 0.1) is 0 Å². The van der Waals surface area contributed by atoms with E-state index < -0.39 is 108 Å². The highest BCUT2D eigenvalue weighted by Crippen LogP contribution is 2.20. The number of aliphatic hydroxyl groups excluding tert-OH is 2. The van der Waals surface area contributed by atoms with E-state index in [4.69, 9.17) is 11.5 Å². The fourth-order valence-electron chi connectivity index (χ4n) is 7.56. The molecule has 0 bridgehead atoms. The van der Waals surface area contributed by atoms with Crippen LogP contribution in [-0.2, 0) is 57.6 Å². The van der Waals surface area contributed by atoms with Crippen LogP contribution in [0.1, 0.15) is 49.8 Å². The average Bonchev–Trinajstić information content (AvgIpc) is 3.77. The van der Waals surface area contributed by atoms with Crippen molar-refractivity contribution in [2.45, 2.75) is 113 Å². The Morgan fingerprint density at radius 2 is 0.986 bits per heavy atom. The summed E-state index contributed by atoms with van der Waals surface area (Å²) < 4.78 is 0. The molecule has 72 heavy (non-hydrogen) atoms. The monoisotopic (exact) mass is 1030 g/mol. The smallest absolute Gasteiger partial charge is 0.328 e. The molecule has 10 atom stereocenters. The summed E-state index contributed by atoms with van der Waals surface area (Å²) in [5.41, 5.74) is 14.8. The Labute approximate surface area is 428 Å². The molecule has 21 nitrogen and oxygen atoms in total. The number of nitrogens with one attached hydrogen (secondary N) is 8. The molecule has 0 spiro atoms. The number of carboxylic acids is 1. The van der Waals surface area contributed by atoms with E-state index >= 15 is 0 Å². The molecule has 0 aliphatic rings. The third-order valence-corrected chi connectivity index (χ3v) is 12.3. The van der Waals surface area contributed by atoms with E-state index in [1.165, 1.54) is 6.92 Å². The summed E-state index contributed by atoms with van der Waals surface area (Å²) in [6, 6.07) is 13.8. The van der Waals surface area contributed by atoms with Gasteiger partial charge in [0, 0.05) is 41.4 Å². The van der Waals surface area contributed by atoms with Crippen molar-refractivity contribution in [2.75, 3.05) is 18.1 Å². The van der Waals surface area contributed by atoms with Crippen molar-refractivity contribution in [1.82, 2.24) is 42.2 Å². The maximum Gasteiger partial charge on any atom is 0.328 e. The Balaban J connectivity index is 1.61. The van der Waals surface area contributed by atoms with Crippen LogP contribution in [0.25, 0.3) is 10.9 Å². The number of aromatic nitrogens is 1. The predicted octanol–water partition coefficient (Wildman–Crippen LogP) is -1.25. The molecule has 4 rings (SSSR count). The minimum absolute atomic E-state index is 0.0210. The number of hydrogen-bond acceptors (Lipinski definition) is 14. The molecule has 0 saturated heterocycles. The number of para-hydroxylation sites is 1. The number of nitrogens with two attached hydrogens (primary N) is 2. The number of thiol groups is 2. The largest absolute Gasteiger partial charge is 0.480 e. The van der Waals surface area contributed by atoms with Crippen molar-refractivity contribution in [1.29, 1.82) is 0 Å². The van der Waals surface area contributed by atoms with E-state index in [9.17, 15) is 53.7 Å². The second kappa shape index (κ2) is 29.1.